The van der Waals surface area contributed by atoms with Crippen LogP contribution in [0.5, 0.6) is 0 Å². The molecule has 0 saturated carbocycles. The van der Waals surface area contributed by atoms with Crippen LogP contribution in [-0.2, 0) is 4.57 Å². The van der Waals surface area contributed by atoms with E-state index in [1.807, 2.05) is 60.7 Å². The SMILES string of the molecule is CC12C=Cc3ccccc3C1=NC1c3ccccc3C=CC1C2c1ccc(P(=O)(c2ccccc2)c2ccccc2)cc1. The van der Waals surface area contributed by atoms with Crippen LogP contribution in [0, 0.1) is 11.3 Å². The molecular weight excluding hydrogens is 541 g/mol. The summed E-state index contributed by atoms with van der Waals surface area (Å²) in [7, 11) is -3.05. The molecule has 0 N–H and O–H groups in total. The molecule has 1 aliphatic heterocycles. The summed E-state index contributed by atoms with van der Waals surface area (Å²) in [6, 6.07) is 45.8. The second kappa shape index (κ2) is 10.0. The number of benzene rings is 5. The van der Waals surface area contributed by atoms with Gasteiger partial charge < -0.3 is 4.57 Å². The Bertz CT molecular complexity index is 1930. The molecule has 8 rings (SSSR count). The van der Waals surface area contributed by atoms with Gasteiger partial charge >= 0.3 is 0 Å². The summed E-state index contributed by atoms with van der Waals surface area (Å²) >= 11 is 0. The third-order valence-electron chi connectivity index (χ3n) is 9.67. The average molecular weight is 574 g/mol. The Hall–Kier alpha value is -4.52. The minimum atomic E-state index is -3.05. The van der Waals surface area contributed by atoms with E-state index in [0.29, 0.717) is 0 Å². The van der Waals surface area contributed by atoms with Gasteiger partial charge in [0.05, 0.1) is 11.8 Å². The Morgan fingerprint density at radius 2 is 1.21 bits per heavy atom. The first-order valence-electron chi connectivity index (χ1n) is 15.0. The van der Waals surface area contributed by atoms with Crippen LogP contribution < -0.4 is 15.9 Å². The third-order valence-corrected chi connectivity index (χ3v) is 12.7. The van der Waals surface area contributed by atoms with Gasteiger partial charge in [0.25, 0.3) is 0 Å². The maximum Gasteiger partial charge on any atom is 0.171 e. The second-order valence-corrected chi connectivity index (χ2v) is 14.8. The first-order chi connectivity index (χ1) is 21.1. The van der Waals surface area contributed by atoms with Crippen LogP contribution in [0.25, 0.3) is 12.2 Å². The molecule has 2 nitrogen and oxygen atoms in total. The van der Waals surface area contributed by atoms with Crippen molar-refractivity contribution >= 4 is 40.9 Å². The monoisotopic (exact) mass is 573 g/mol. The zero-order chi connectivity index (χ0) is 29.0. The van der Waals surface area contributed by atoms with E-state index >= 15 is 4.57 Å². The zero-order valence-electron chi connectivity index (χ0n) is 24.0. The van der Waals surface area contributed by atoms with E-state index in [2.05, 4.69) is 104 Å². The van der Waals surface area contributed by atoms with E-state index < -0.39 is 7.14 Å². The molecule has 43 heavy (non-hydrogen) atoms. The van der Waals surface area contributed by atoms with Crippen molar-refractivity contribution < 1.29 is 4.57 Å². The van der Waals surface area contributed by atoms with E-state index in [4.69, 9.17) is 4.99 Å². The highest BCUT2D eigenvalue weighted by atomic mass is 31.2. The molecule has 2 aliphatic carbocycles. The molecule has 0 fully saturated rings. The quantitative estimate of drug-likeness (QED) is 0.199. The molecule has 0 aromatic heterocycles. The zero-order valence-corrected chi connectivity index (χ0v) is 24.9. The van der Waals surface area contributed by atoms with Gasteiger partial charge in [0, 0.05) is 38.7 Å². The predicted octanol–water partition coefficient (Wildman–Crippen LogP) is 8.33. The lowest BCUT2D eigenvalue weighted by atomic mass is 9.57. The molecule has 0 bridgehead atoms. The van der Waals surface area contributed by atoms with Crippen molar-refractivity contribution in [3.8, 4) is 0 Å². The smallest absolute Gasteiger partial charge is 0.171 e. The number of hydrogen-bond acceptors (Lipinski definition) is 2. The Kier molecular flexibility index (Phi) is 6.10. The van der Waals surface area contributed by atoms with Gasteiger partial charge in [-0.25, -0.2) is 0 Å². The fourth-order valence-electron chi connectivity index (χ4n) is 7.58. The van der Waals surface area contributed by atoms with Crippen LogP contribution >= 0.6 is 7.14 Å². The number of nitrogens with zero attached hydrogens (tertiary/aromatic N) is 1. The Labute approximate surface area is 253 Å². The van der Waals surface area contributed by atoms with Gasteiger partial charge in [0.1, 0.15) is 0 Å². The Morgan fingerprint density at radius 3 is 1.91 bits per heavy atom. The highest BCUT2D eigenvalue weighted by Crippen LogP contribution is 2.57. The van der Waals surface area contributed by atoms with E-state index in [1.165, 1.54) is 27.8 Å². The number of fused-ring (bicyclic) bond motifs is 6. The Morgan fingerprint density at radius 1 is 0.628 bits per heavy atom. The van der Waals surface area contributed by atoms with Gasteiger partial charge in [-0.05, 0) is 29.2 Å². The largest absolute Gasteiger partial charge is 0.309 e. The predicted molar refractivity (Wildman–Crippen MR) is 180 cm³/mol. The van der Waals surface area contributed by atoms with Gasteiger partial charge in [-0.2, -0.15) is 0 Å². The first kappa shape index (κ1) is 26.1. The van der Waals surface area contributed by atoms with E-state index in [1.54, 1.807) is 0 Å². The van der Waals surface area contributed by atoms with Crippen molar-refractivity contribution in [3.63, 3.8) is 0 Å². The summed E-state index contributed by atoms with van der Waals surface area (Å²) < 4.78 is 15.1. The molecular formula is C40H32NOP. The fourth-order valence-corrected chi connectivity index (χ4v) is 10.2. The van der Waals surface area contributed by atoms with Crippen molar-refractivity contribution in [2.45, 2.75) is 18.9 Å². The molecule has 0 saturated heterocycles. The van der Waals surface area contributed by atoms with Crippen LogP contribution in [0.1, 0.15) is 46.7 Å². The van der Waals surface area contributed by atoms with E-state index in [0.717, 1.165) is 21.6 Å². The van der Waals surface area contributed by atoms with Gasteiger partial charge in [-0.3, -0.25) is 4.99 Å². The molecule has 3 heteroatoms. The van der Waals surface area contributed by atoms with Gasteiger partial charge in [-0.1, -0.05) is 158 Å². The standard InChI is InChI=1S/C40H32NOP/c1-40-27-26-29-13-9-11-19-35(29)39(40)41-38-34-18-10-8-12-28(34)22-25-36(38)37(40)30-20-23-33(24-21-30)43(42,31-14-4-2-5-15-31)32-16-6-3-7-17-32/h2-27,36-38H,1H3. The molecule has 0 radical (unpaired) electrons. The van der Waals surface area contributed by atoms with Crippen molar-refractivity contribution in [2.75, 3.05) is 0 Å². The lowest BCUT2D eigenvalue weighted by molar-refractivity contribution is 0.300. The first-order valence-corrected chi connectivity index (χ1v) is 16.7. The van der Waals surface area contributed by atoms with Crippen LogP contribution in [0.2, 0.25) is 0 Å². The number of rotatable bonds is 4. The minimum Gasteiger partial charge on any atom is -0.309 e. The molecule has 5 aromatic rings. The lowest BCUT2D eigenvalue weighted by Gasteiger charge is -2.49. The van der Waals surface area contributed by atoms with E-state index in [-0.39, 0.29) is 23.3 Å². The highest BCUT2D eigenvalue weighted by molar-refractivity contribution is 7.85. The summed E-state index contributed by atoms with van der Waals surface area (Å²) in [6.07, 6.45) is 9.30. The molecule has 4 atom stereocenters. The van der Waals surface area contributed by atoms with Gasteiger partial charge in [0.15, 0.2) is 7.14 Å². The topological polar surface area (TPSA) is 29.4 Å². The molecule has 1 heterocycles. The summed E-state index contributed by atoms with van der Waals surface area (Å²) in [5, 5.41) is 2.56. The van der Waals surface area contributed by atoms with Crippen LogP contribution in [0.3, 0.4) is 0 Å². The van der Waals surface area contributed by atoms with Crippen LogP contribution in [0.4, 0.5) is 0 Å². The fraction of sp³-hybridized carbons (Fsp3) is 0.125. The average Bonchev–Trinajstić information content (AvgIpc) is 3.07. The second-order valence-electron chi connectivity index (χ2n) is 12.0. The van der Waals surface area contributed by atoms with Crippen molar-refractivity contribution in [2.24, 2.45) is 16.3 Å². The van der Waals surface area contributed by atoms with Gasteiger partial charge in [-0.15, -0.1) is 0 Å². The lowest BCUT2D eigenvalue weighted by Crippen LogP contribution is -2.44. The number of allylic oxidation sites excluding steroid dienone is 1. The van der Waals surface area contributed by atoms with Crippen LogP contribution in [0.15, 0.2) is 151 Å². The van der Waals surface area contributed by atoms with Crippen LogP contribution in [-0.4, -0.2) is 5.71 Å². The maximum absolute atomic E-state index is 15.1. The molecule has 0 spiro atoms. The van der Waals surface area contributed by atoms with Crippen molar-refractivity contribution in [1.82, 2.24) is 0 Å². The van der Waals surface area contributed by atoms with Gasteiger partial charge in [0.2, 0.25) is 0 Å². The molecule has 0 amide bonds. The van der Waals surface area contributed by atoms with Crippen molar-refractivity contribution in [1.29, 1.82) is 0 Å². The molecule has 3 aliphatic rings. The summed E-state index contributed by atoms with van der Waals surface area (Å²) in [4.78, 5) is 5.56. The highest BCUT2D eigenvalue weighted by Gasteiger charge is 2.50. The summed E-state index contributed by atoms with van der Waals surface area (Å²) in [5.41, 5.74) is 7.08. The summed E-state index contributed by atoms with van der Waals surface area (Å²) in [5.74, 6) is 0.348. The summed E-state index contributed by atoms with van der Waals surface area (Å²) in [6.45, 7) is 2.35. The minimum absolute atomic E-state index is 0.0354. The number of aliphatic imine (C=N–C) groups is 1. The van der Waals surface area contributed by atoms with Crippen molar-refractivity contribution in [3.05, 3.63) is 173 Å². The van der Waals surface area contributed by atoms with E-state index in [9.17, 15) is 0 Å². The molecule has 4 unspecified atom stereocenters. The molecule has 208 valence electrons. The number of hydrogen-bond donors (Lipinski definition) is 0. The Balaban J connectivity index is 1.29. The molecule has 5 aromatic carbocycles. The normalized spacial score (nSPS) is 23.4. The maximum atomic E-state index is 15.1. The third kappa shape index (κ3) is 4.01.